The number of rotatable bonds is 6. The Kier molecular flexibility index (Phi) is 6.73. The maximum atomic E-state index is 14.1. The van der Waals surface area contributed by atoms with Crippen molar-refractivity contribution in [2.45, 2.75) is 30.3 Å². The summed E-state index contributed by atoms with van der Waals surface area (Å²) in [6.45, 7) is 1.15. The van der Waals surface area contributed by atoms with Gasteiger partial charge in [0, 0.05) is 18.0 Å². The highest BCUT2D eigenvalue weighted by Crippen LogP contribution is 2.39. The number of amidine groups is 1. The monoisotopic (exact) mass is 501 g/mol. The minimum absolute atomic E-state index is 0.0104. The van der Waals surface area contributed by atoms with Crippen molar-refractivity contribution in [1.29, 1.82) is 5.26 Å². The van der Waals surface area contributed by atoms with E-state index >= 15 is 0 Å². The van der Waals surface area contributed by atoms with Crippen LogP contribution in [0.5, 0.6) is 5.75 Å². The fraction of sp³-hybridized carbons (Fsp3) is 0.231. The summed E-state index contributed by atoms with van der Waals surface area (Å²) < 4.78 is 15.8. The second kappa shape index (κ2) is 10.3. The molecule has 0 saturated carbocycles. The molecular formula is C26H24FN7OS. The second-order valence-electron chi connectivity index (χ2n) is 8.43. The molecule has 182 valence electrons. The average Bonchev–Trinajstić information content (AvgIpc) is 3.54. The molecule has 2 aromatic carbocycles. The van der Waals surface area contributed by atoms with Gasteiger partial charge >= 0.3 is 0 Å². The van der Waals surface area contributed by atoms with Gasteiger partial charge in [-0.25, -0.2) is 13.9 Å². The average molecular weight is 502 g/mol. The van der Waals surface area contributed by atoms with Gasteiger partial charge in [0.2, 0.25) is 6.19 Å². The molecular weight excluding hydrogens is 477 g/mol. The van der Waals surface area contributed by atoms with E-state index in [9.17, 15) is 14.8 Å². The number of thioether (sulfide) groups is 1. The van der Waals surface area contributed by atoms with E-state index in [1.54, 1.807) is 46.7 Å². The Hall–Kier alpha value is -4.10. The summed E-state index contributed by atoms with van der Waals surface area (Å²) in [5.41, 5.74) is 2.96. The van der Waals surface area contributed by atoms with E-state index < -0.39 is 0 Å². The molecule has 2 N–H and O–H groups in total. The molecule has 36 heavy (non-hydrogen) atoms. The summed E-state index contributed by atoms with van der Waals surface area (Å²) >= 11 is 1.61. The predicted molar refractivity (Wildman–Crippen MR) is 138 cm³/mol. The number of aromatic nitrogens is 3. The number of benzene rings is 2. The molecule has 0 radical (unpaired) electrons. The molecule has 1 aliphatic rings. The number of anilines is 1. The molecule has 0 spiro atoms. The number of hydrogen-bond acceptors (Lipinski definition) is 7. The van der Waals surface area contributed by atoms with Crippen molar-refractivity contribution in [2.75, 3.05) is 17.7 Å². The zero-order valence-electron chi connectivity index (χ0n) is 19.6. The van der Waals surface area contributed by atoms with Gasteiger partial charge in [-0.05, 0) is 72.7 Å². The van der Waals surface area contributed by atoms with Gasteiger partial charge in [0.25, 0.3) is 0 Å². The van der Waals surface area contributed by atoms with Gasteiger partial charge < -0.3 is 15.3 Å². The Morgan fingerprint density at radius 2 is 2.17 bits per heavy atom. The minimum Gasteiger partial charge on any atom is -0.508 e. The third kappa shape index (κ3) is 4.70. The van der Waals surface area contributed by atoms with E-state index in [1.165, 1.54) is 6.07 Å². The summed E-state index contributed by atoms with van der Waals surface area (Å²) in [6, 6.07) is 15.6. The lowest BCUT2D eigenvalue weighted by Gasteiger charge is -2.27. The molecule has 1 aliphatic heterocycles. The quantitative estimate of drug-likeness (QED) is 0.172. The molecule has 0 aliphatic carbocycles. The lowest BCUT2D eigenvalue weighted by Crippen LogP contribution is -2.27. The largest absolute Gasteiger partial charge is 0.508 e. The fourth-order valence-corrected chi connectivity index (χ4v) is 5.23. The van der Waals surface area contributed by atoms with Crippen molar-refractivity contribution in [3.8, 4) is 11.9 Å². The maximum absolute atomic E-state index is 14.1. The van der Waals surface area contributed by atoms with E-state index in [-0.39, 0.29) is 17.6 Å². The number of nitrogens with one attached hydrogen (secondary N) is 1. The molecule has 3 heterocycles. The number of halogens is 1. The van der Waals surface area contributed by atoms with Crippen LogP contribution >= 0.6 is 11.8 Å². The van der Waals surface area contributed by atoms with Crippen LogP contribution in [0, 0.1) is 17.3 Å². The number of nitrogens with zero attached hydrogens (tertiary/aromatic N) is 6. The van der Waals surface area contributed by atoms with Crippen molar-refractivity contribution in [3.05, 3.63) is 83.4 Å². The summed E-state index contributed by atoms with van der Waals surface area (Å²) in [7, 11) is 0. The normalized spacial score (nSPS) is 15.9. The molecule has 5 rings (SSSR count). The van der Waals surface area contributed by atoms with Crippen LogP contribution in [-0.2, 0) is 6.54 Å². The van der Waals surface area contributed by atoms with E-state index in [0.29, 0.717) is 23.7 Å². The van der Waals surface area contributed by atoms with E-state index in [0.717, 1.165) is 41.2 Å². The van der Waals surface area contributed by atoms with Crippen molar-refractivity contribution in [3.63, 3.8) is 0 Å². The first-order chi connectivity index (χ1) is 17.6. The molecule has 1 fully saturated rings. The lowest BCUT2D eigenvalue weighted by atomic mass is 10.0. The Balaban J connectivity index is 1.48. The highest BCUT2D eigenvalue weighted by Gasteiger charge is 2.30. The zero-order chi connectivity index (χ0) is 25.1. The van der Waals surface area contributed by atoms with Crippen LogP contribution < -0.4 is 10.2 Å². The number of hydrogen-bond donors (Lipinski definition) is 2. The van der Waals surface area contributed by atoms with Gasteiger partial charge in [-0.3, -0.25) is 0 Å². The molecule has 0 bridgehead atoms. The van der Waals surface area contributed by atoms with Crippen LogP contribution in [-0.4, -0.2) is 38.3 Å². The van der Waals surface area contributed by atoms with Crippen molar-refractivity contribution >= 4 is 29.1 Å². The van der Waals surface area contributed by atoms with E-state index in [1.807, 2.05) is 36.7 Å². The first-order valence-electron chi connectivity index (χ1n) is 11.5. The van der Waals surface area contributed by atoms with Crippen LogP contribution in [0.4, 0.5) is 10.2 Å². The smallest absolute Gasteiger partial charge is 0.207 e. The Bertz CT molecular complexity index is 1480. The summed E-state index contributed by atoms with van der Waals surface area (Å²) in [5.74, 6) is 0.984. The van der Waals surface area contributed by atoms with Gasteiger partial charge in [-0.1, -0.05) is 12.1 Å². The highest BCUT2D eigenvalue weighted by molar-refractivity contribution is 7.98. The number of phenolic OH excluding ortho intramolecular Hbond substituents is 1. The zero-order valence-corrected chi connectivity index (χ0v) is 20.4. The minimum atomic E-state index is -0.245. The SMILES string of the molecule is CSc1ccc(F)cc1[C@H]1CCCN1c1ccc2ncc(/C(=N/C#N)NCc3cccc(O)c3)n2n1. The van der Waals surface area contributed by atoms with Gasteiger partial charge in [0.15, 0.2) is 11.5 Å². The van der Waals surface area contributed by atoms with Crippen LogP contribution in [0.15, 0.2) is 70.7 Å². The number of aromatic hydroxyl groups is 1. The second-order valence-corrected chi connectivity index (χ2v) is 9.27. The van der Waals surface area contributed by atoms with Crippen LogP contribution in [0.1, 0.15) is 35.7 Å². The van der Waals surface area contributed by atoms with Gasteiger partial charge in [-0.15, -0.1) is 16.9 Å². The van der Waals surface area contributed by atoms with Crippen molar-refractivity contribution in [2.24, 2.45) is 4.99 Å². The molecule has 2 aromatic heterocycles. The van der Waals surface area contributed by atoms with Crippen molar-refractivity contribution < 1.29 is 9.50 Å². The molecule has 0 unspecified atom stereocenters. The first-order valence-corrected chi connectivity index (χ1v) is 12.7. The first kappa shape index (κ1) is 23.6. The topological polar surface area (TPSA) is 102 Å². The molecule has 1 saturated heterocycles. The number of aliphatic imine (C=N–C) groups is 1. The molecule has 1 atom stereocenters. The number of nitriles is 1. The third-order valence-electron chi connectivity index (χ3n) is 6.22. The molecule has 10 heteroatoms. The van der Waals surface area contributed by atoms with E-state index in [2.05, 4.69) is 20.2 Å². The van der Waals surface area contributed by atoms with Crippen molar-refractivity contribution in [1.82, 2.24) is 19.9 Å². The number of fused-ring (bicyclic) bond motifs is 1. The standard InChI is InChI=1S/C26H24FN7OS/c1-36-23-8-7-18(27)13-20(23)21-6-3-11-33(21)25-10-9-24-29-15-22(34(24)32-25)26(31-16-28)30-14-17-4-2-5-19(35)12-17/h2,4-5,7-10,12-13,15,21,35H,3,6,11,14H2,1H3,(H,30,31)/t21-/m1/s1. The van der Waals surface area contributed by atoms with Crippen LogP contribution in [0.2, 0.25) is 0 Å². The fourth-order valence-electron chi connectivity index (χ4n) is 4.60. The summed E-state index contributed by atoms with van der Waals surface area (Å²) in [4.78, 5) is 11.6. The van der Waals surface area contributed by atoms with Crippen LogP contribution in [0.25, 0.3) is 5.65 Å². The molecule has 0 amide bonds. The predicted octanol–water partition coefficient (Wildman–Crippen LogP) is 4.65. The van der Waals surface area contributed by atoms with E-state index in [4.69, 9.17) is 5.10 Å². The number of imidazole rings is 1. The third-order valence-corrected chi connectivity index (χ3v) is 7.03. The van der Waals surface area contributed by atoms with Gasteiger partial charge in [0.1, 0.15) is 23.1 Å². The van der Waals surface area contributed by atoms with Crippen LogP contribution in [0.3, 0.4) is 0 Å². The Morgan fingerprint density at radius 1 is 1.28 bits per heavy atom. The number of phenols is 1. The molecule has 8 nitrogen and oxygen atoms in total. The Labute approximate surface area is 212 Å². The highest BCUT2D eigenvalue weighted by atomic mass is 32.2. The summed E-state index contributed by atoms with van der Waals surface area (Å²) in [5, 5.41) is 27.0. The van der Waals surface area contributed by atoms with Gasteiger partial charge in [0.05, 0.1) is 12.2 Å². The summed E-state index contributed by atoms with van der Waals surface area (Å²) in [6.07, 6.45) is 7.34. The van der Waals surface area contributed by atoms with Gasteiger partial charge in [-0.2, -0.15) is 10.3 Å². The lowest BCUT2D eigenvalue weighted by molar-refractivity contribution is 0.474. The maximum Gasteiger partial charge on any atom is 0.207 e. The molecule has 4 aromatic rings. The Morgan fingerprint density at radius 3 is 2.97 bits per heavy atom.